The van der Waals surface area contributed by atoms with E-state index in [2.05, 4.69) is 11.1 Å². The van der Waals surface area contributed by atoms with Crippen LogP contribution >= 0.6 is 11.3 Å². The minimum absolute atomic E-state index is 0.0790. The maximum atomic E-state index is 12.6. The van der Waals surface area contributed by atoms with Crippen molar-refractivity contribution in [3.05, 3.63) is 55.4 Å². The van der Waals surface area contributed by atoms with Gasteiger partial charge in [-0.3, -0.25) is 13.9 Å². The molecule has 0 aromatic carbocycles. The molecule has 0 amide bonds. The van der Waals surface area contributed by atoms with Gasteiger partial charge in [0.05, 0.1) is 17.5 Å². The minimum atomic E-state index is -0.518. The molecule has 138 valence electrons. The molecule has 0 spiro atoms. The number of aromatic nitrogens is 3. The van der Waals surface area contributed by atoms with Gasteiger partial charge in [0.25, 0.3) is 5.56 Å². The van der Waals surface area contributed by atoms with Crippen LogP contribution in [0.25, 0.3) is 22.9 Å². The molecule has 2 N–H and O–H groups in total. The van der Waals surface area contributed by atoms with E-state index >= 15 is 0 Å². The van der Waals surface area contributed by atoms with Crippen LogP contribution in [0.1, 0.15) is 24.1 Å². The van der Waals surface area contributed by atoms with E-state index in [0.29, 0.717) is 35.0 Å². The Morgan fingerprint density at radius 1 is 1.48 bits per heavy atom. The summed E-state index contributed by atoms with van der Waals surface area (Å²) in [5, 5.41) is 11.5. The Kier molecular flexibility index (Phi) is 5.09. The highest BCUT2D eigenvalue weighted by atomic mass is 32.1. The maximum Gasteiger partial charge on any atom is 0.332 e. The summed E-state index contributed by atoms with van der Waals surface area (Å²) in [5.41, 5.74) is 5.93. The van der Waals surface area contributed by atoms with Crippen LogP contribution in [-0.4, -0.2) is 14.1 Å². The molecule has 9 heteroatoms. The molecule has 0 aliphatic heterocycles. The lowest BCUT2D eigenvalue weighted by atomic mass is 10.2. The minimum Gasteiger partial charge on any atom is -0.465 e. The van der Waals surface area contributed by atoms with Crippen LogP contribution in [0.2, 0.25) is 0 Å². The second-order valence-corrected chi connectivity index (χ2v) is 6.64. The van der Waals surface area contributed by atoms with Crippen LogP contribution in [0.3, 0.4) is 0 Å². The van der Waals surface area contributed by atoms with Gasteiger partial charge in [0.2, 0.25) is 0 Å². The van der Waals surface area contributed by atoms with Gasteiger partial charge in [-0.05, 0) is 18.6 Å². The first-order valence-electron chi connectivity index (χ1n) is 8.18. The summed E-state index contributed by atoms with van der Waals surface area (Å²) in [4.78, 5) is 29.3. The molecule has 0 fully saturated rings. The van der Waals surface area contributed by atoms with Crippen LogP contribution in [0.4, 0.5) is 5.82 Å². The van der Waals surface area contributed by atoms with Gasteiger partial charge >= 0.3 is 5.69 Å². The predicted octanol–water partition coefficient (Wildman–Crippen LogP) is 2.32. The number of nitrogen functional groups attached to an aromatic ring is 1. The number of nitrogens with zero attached hydrogens (tertiary/aromatic N) is 4. The molecule has 8 nitrogen and oxygen atoms in total. The first kappa shape index (κ1) is 18.4. The number of furan rings is 1. The first-order valence-corrected chi connectivity index (χ1v) is 9.06. The number of hydrogen-bond acceptors (Lipinski definition) is 7. The van der Waals surface area contributed by atoms with Gasteiger partial charge in [-0.2, -0.15) is 5.26 Å². The largest absolute Gasteiger partial charge is 0.465 e. The molecule has 0 unspecified atom stereocenters. The summed E-state index contributed by atoms with van der Waals surface area (Å²) < 4.78 is 7.61. The fraction of sp³-hybridized carbons (Fsp3) is 0.222. The molecule has 0 aliphatic carbocycles. The number of nitriles is 1. The van der Waals surface area contributed by atoms with Crippen LogP contribution < -0.4 is 17.0 Å². The van der Waals surface area contributed by atoms with Gasteiger partial charge in [0.1, 0.15) is 28.2 Å². The molecule has 3 aromatic rings. The van der Waals surface area contributed by atoms with Gasteiger partial charge in [-0.25, -0.2) is 9.78 Å². The molecular formula is C18H17N5O3S. The summed E-state index contributed by atoms with van der Waals surface area (Å²) in [6.07, 6.45) is 3.77. The van der Waals surface area contributed by atoms with Crippen molar-refractivity contribution in [2.75, 3.05) is 5.73 Å². The van der Waals surface area contributed by atoms with Crippen molar-refractivity contribution < 1.29 is 4.42 Å². The lowest BCUT2D eigenvalue weighted by molar-refractivity contribution is 0.557. The number of rotatable bonds is 5. The van der Waals surface area contributed by atoms with Gasteiger partial charge in [-0.1, -0.05) is 6.92 Å². The normalized spacial score (nSPS) is 11.5. The molecule has 0 saturated heterocycles. The van der Waals surface area contributed by atoms with Crippen LogP contribution in [0, 0.1) is 11.3 Å². The Bertz CT molecular complexity index is 1160. The van der Waals surface area contributed by atoms with Crippen LogP contribution in [0.15, 0.2) is 37.8 Å². The van der Waals surface area contributed by atoms with E-state index in [1.54, 1.807) is 23.6 Å². The monoisotopic (exact) mass is 383 g/mol. The summed E-state index contributed by atoms with van der Waals surface area (Å²) in [6.45, 7) is 2.31. The quantitative estimate of drug-likeness (QED) is 0.675. The van der Waals surface area contributed by atoms with Crippen molar-refractivity contribution in [2.45, 2.75) is 19.9 Å². The zero-order chi connectivity index (χ0) is 19.6. The van der Waals surface area contributed by atoms with E-state index < -0.39 is 11.2 Å². The highest BCUT2D eigenvalue weighted by Gasteiger charge is 2.20. The number of hydrogen-bond donors (Lipinski definition) is 1. The van der Waals surface area contributed by atoms with Gasteiger partial charge in [0, 0.05) is 25.0 Å². The van der Waals surface area contributed by atoms with Crippen molar-refractivity contribution >= 4 is 28.8 Å². The van der Waals surface area contributed by atoms with E-state index in [1.165, 1.54) is 29.2 Å². The van der Waals surface area contributed by atoms with Crippen molar-refractivity contribution in [1.82, 2.24) is 14.1 Å². The predicted molar refractivity (Wildman–Crippen MR) is 104 cm³/mol. The van der Waals surface area contributed by atoms with Gasteiger partial charge < -0.3 is 10.2 Å². The summed E-state index contributed by atoms with van der Waals surface area (Å²) in [5.74, 6) is 0.602. The highest BCUT2D eigenvalue weighted by Crippen LogP contribution is 2.28. The van der Waals surface area contributed by atoms with Crippen molar-refractivity contribution in [3.63, 3.8) is 0 Å². The van der Waals surface area contributed by atoms with E-state index in [-0.39, 0.29) is 11.4 Å². The topological polar surface area (TPSA) is 120 Å². The SMILES string of the molecule is CCCn1c(N)c(-c2csc(/C(C#N)=C/c3ccco3)n2)c(=O)n(C)c1=O. The van der Waals surface area contributed by atoms with E-state index in [1.807, 2.05) is 6.92 Å². The number of anilines is 1. The van der Waals surface area contributed by atoms with E-state index in [4.69, 9.17) is 10.2 Å². The second-order valence-electron chi connectivity index (χ2n) is 5.78. The summed E-state index contributed by atoms with van der Waals surface area (Å²) in [7, 11) is 1.41. The third-order valence-corrected chi connectivity index (χ3v) is 4.85. The third kappa shape index (κ3) is 3.35. The van der Waals surface area contributed by atoms with Crippen LogP contribution in [0.5, 0.6) is 0 Å². The Balaban J connectivity index is 2.14. The van der Waals surface area contributed by atoms with Crippen molar-refractivity contribution in [1.29, 1.82) is 5.26 Å². The Morgan fingerprint density at radius 2 is 2.26 bits per heavy atom. The zero-order valence-corrected chi connectivity index (χ0v) is 15.6. The molecule has 0 aliphatic rings. The zero-order valence-electron chi connectivity index (χ0n) is 14.8. The molecule has 0 atom stereocenters. The molecule has 0 radical (unpaired) electrons. The Labute approximate surface area is 158 Å². The number of thiazole rings is 1. The van der Waals surface area contributed by atoms with Gasteiger partial charge in [0.15, 0.2) is 0 Å². The average molecular weight is 383 g/mol. The van der Waals surface area contributed by atoms with Crippen LogP contribution in [-0.2, 0) is 13.6 Å². The molecule has 0 bridgehead atoms. The fourth-order valence-electron chi connectivity index (χ4n) is 2.63. The van der Waals surface area contributed by atoms with Gasteiger partial charge in [-0.15, -0.1) is 11.3 Å². The summed E-state index contributed by atoms with van der Waals surface area (Å²) >= 11 is 1.21. The fourth-order valence-corrected chi connectivity index (χ4v) is 3.41. The number of nitrogens with two attached hydrogens (primary N) is 1. The maximum absolute atomic E-state index is 12.6. The highest BCUT2D eigenvalue weighted by molar-refractivity contribution is 7.11. The Morgan fingerprint density at radius 3 is 2.89 bits per heavy atom. The standard InChI is InChI=1S/C18H17N5O3S/c1-3-6-23-15(20)14(17(24)22(2)18(23)25)13-10-27-16(21-13)11(9-19)8-12-5-4-7-26-12/h4-5,7-8,10H,3,6,20H2,1-2H3/b11-8+. The molecule has 3 rings (SSSR count). The third-order valence-electron chi connectivity index (χ3n) is 3.97. The van der Waals surface area contributed by atoms with E-state index in [9.17, 15) is 14.9 Å². The van der Waals surface area contributed by atoms with Crippen molar-refractivity contribution in [2.24, 2.45) is 7.05 Å². The molecular weight excluding hydrogens is 366 g/mol. The Hall–Kier alpha value is -3.38. The average Bonchev–Trinajstić information content (AvgIpc) is 3.34. The lowest BCUT2D eigenvalue weighted by Crippen LogP contribution is -2.40. The second kappa shape index (κ2) is 7.47. The molecule has 3 aromatic heterocycles. The van der Waals surface area contributed by atoms with E-state index in [0.717, 1.165) is 4.57 Å². The molecule has 3 heterocycles. The molecule has 0 saturated carbocycles. The number of allylic oxidation sites excluding steroid dienone is 1. The molecule has 27 heavy (non-hydrogen) atoms. The van der Waals surface area contributed by atoms with Crippen molar-refractivity contribution in [3.8, 4) is 17.3 Å². The lowest BCUT2D eigenvalue weighted by Gasteiger charge is -2.13. The summed E-state index contributed by atoms with van der Waals surface area (Å²) in [6, 6.07) is 5.52. The first-order chi connectivity index (χ1) is 13.0. The smallest absolute Gasteiger partial charge is 0.332 e.